The van der Waals surface area contributed by atoms with Gasteiger partial charge in [0.1, 0.15) is 5.76 Å². The molecule has 2 aromatic heterocycles. The van der Waals surface area contributed by atoms with Gasteiger partial charge in [0.2, 0.25) is 0 Å². The van der Waals surface area contributed by atoms with Crippen molar-refractivity contribution >= 4 is 44.3 Å². The van der Waals surface area contributed by atoms with E-state index in [1.807, 2.05) is 12.1 Å². The van der Waals surface area contributed by atoms with Crippen LogP contribution >= 0.6 is 27.5 Å². The molecule has 0 fully saturated rings. The number of furan rings is 1. The maximum atomic E-state index is 12.7. The first-order chi connectivity index (χ1) is 10.6. The van der Waals surface area contributed by atoms with Crippen molar-refractivity contribution < 1.29 is 9.21 Å². The summed E-state index contributed by atoms with van der Waals surface area (Å²) >= 11 is 9.41. The molecule has 0 aliphatic carbocycles. The van der Waals surface area contributed by atoms with Crippen molar-refractivity contribution in [3.63, 3.8) is 0 Å². The zero-order valence-corrected chi connectivity index (χ0v) is 14.1. The molecule has 22 heavy (non-hydrogen) atoms. The second-order valence-corrected chi connectivity index (χ2v) is 6.05. The molecule has 3 rings (SSSR count). The molecule has 0 N–H and O–H groups in total. The van der Waals surface area contributed by atoms with Gasteiger partial charge < -0.3 is 9.32 Å². The van der Waals surface area contributed by atoms with Crippen molar-refractivity contribution in [1.29, 1.82) is 0 Å². The monoisotopic (exact) mass is 378 g/mol. The van der Waals surface area contributed by atoms with Crippen LogP contribution in [0.1, 0.15) is 16.1 Å². The number of aromatic nitrogens is 1. The molecule has 0 unspecified atom stereocenters. The van der Waals surface area contributed by atoms with Gasteiger partial charge in [0.25, 0.3) is 5.91 Å². The number of halogens is 2. The van der Waals surface area contributed by atoms with Gasteiger partial charge in [-0.05, 0) is 52.3 Å². The van der Waals surface area contributed by atoms with E-state index in [0.29, 0.717) is 33.1 Å². The second-order valence-electron chi connectivity index (χ2n) is 4.86. The molecule has 3 aromatic rings. The molecule has 0 saturated carbocycles. The molecule has 0 aliphatic rings. The lowest BCUT2D eigenvalue weighted by Gasteiger charge is -2.17. The standard InChI is InChI=1S/C16H12BrClN2O2/c1-20(9-10-4-7-14(17)22-10)16(21)12-5-6-13(18)11-3-2-8-19-15(11)12/h2-8H,9H2,1H3. The van der Waals surface area contributed by atoms with E-state index in [9.17, 15) is 4.79 Å². The van der Waals surface area contributed by atoms with E-state index < -0.39 is 0 Å². The average Bonchev–Trinajstić information content (AvgIpc) is 2.92. The van der Waals surface area contributed by atoms with Gasteiger partial charge in [-0.15, -0.1) is 0 Å². The van der Waals surface area contributed by atoms with Gasteiger partial charge in [-0.2, -0.15) is 0 Å². The Morgan fingerprint density at radius 1 is 1.32 bits per heavy atom. The molecular formula is C16H12BrClN2O2. The van der Waals surface area contributed by atoms with Crippen LogP contribution in [0.4, 0.5) is 0 Å². The summed E-state index contributed by atoms with van der Waals surface area (Å²) in [6, 6.07) is 10.7. The second kappa shape index (κ2) is 6.10. The van der Waals surface area contributed by atoms with Gasteiger partial charge in [0.15, 0.2) is 4.67 Å². The third kappa shape index (κ3) is 2.87. The van der Waals surface area contributed by atoms with Gasteiger partial charge >= 0.3 is 0 Å². The first kappa shape index (κ1) is 15.1. The summed E-state index contributed by atoms with van der Waals surface area (Å²) in [7, 11) is 1.72. The maximum absolute atomic E-state index is 12.7. The van der Waals surface area contributed by atoms with E-state index in [1.54, 1.807) is 42.4 Å². The Labute approximate surface area is 140 Å². The van der Waals surface area contributed by atoms with Crippen LogP contribution in [0.15, 0.2) is 51.7 Å². The SMILES string of the molecule is CN(Cc1ccc(Br)o1)C(=O)c1ccc(Cl)c2cccnc12. The van der Waals surface area contributed by atoms with Crippen molar-refractivity contribution in [2.24, 2.45) is 0 Å². The van der Waals surface area contributed by atoms with Crippen molar-refractivity contribution in [2.75, 3.05) is 7.05 Å². The van der Waals surface area contributed by atoms with Crippen molar-refractivity contribution in [1.82, 2.24) is 9.88 Å². The smallest absolute Gasteiger partial charge is 0.256 e. The highest BCUT2D eigenvalue weighted by atomic mass is 79.9. The highest BCUT2D eigenvalue weighted by Crippen LogP contribution is 2.26. The molecule has 0 aliphatic heterocycles. The van der Waals surface area contributed by atoms with Crippen LogP contribution in [0, 0.1) is 0 Å². The number of amides is 1. The molecule has 0 saturated heterocycles. The van der Waals surface area contributed by atoms with Crippen molar-refractivity contribution in [2.45, 2.75) is 6.54 Å². The molecule has 6 heteroatoms. The van der Waals surface area contributed by atoms with Crippen molar-refractivity contribution in [3.8, 4) is 0 Å². The zero-order valence-electron chi connectivity index (χ0n) is 11.7. The van der Waals surface area contributed by atoms with Gasteiger partial charge in [0, 0.05) is 18.6 Å². The lowest BCUT2D eigenvalue weighted by atomic mass is 10.1. The Morgan fingerprint density at radius 2 is 2.14 bits per heavy atom. The highest BCUT2D eigenvalue weighted by molar-refractivity contribution is 9.10. The number of rotatable bonds is 3. The van der Waals surface area contributed by atoms with Gasteiger partial charge in [-0.25, -0.2) is 0 Å². The fraction of sp³-hybridized carbons (Fsp3) is 0.125. The van der Waals surface area contributed by atoms with Crippen LogP contribution in [-0.2, 0) is 6.54 Å². The number of carbonyl (C=O) groups excluding carboxylic acids is 1. The van der Waals surface area contributed by atoms with E-state index in [0.717, 1.165) is 5.39 Å². The van der Waals surface area contributed by atoms with Crippen molar-refractivity contribution in [3.05, 3.63) is 63.6 Å². The summed E-state index contributed by atoms with van der Waals surface area (Å²) in [5.74, 6) is 0.571. The predicted octanol–water partition coefficient (Wildman–Crippen LogP) is 4.52. The van der Waals surface area contributed by atoms with E-state index >= 15 is 0 Å². The molecule has 0 radical (unpaired) electrons. The summed E-state index contributed by atoms with van der Waals surface area (Å²) in [6.07, 6.45) is 1.65. The lowest BCUT2D eigenvalue weighted by Crippen LogP contribution is -2.26. The minimum absolute atomic E-state index is 0.132. The third-order valence-electron chi connectivity index (χ3n) is 3.32. The molecule has 4 nitrogen and oxygen atoms in total. The number of nitrogens with zero attached hydrogens (tertiary/aromatic N) is 2. The number of pyridine rings is 1. The van der Waals surface area contributed by atoms with Crippen LogP contribution in [0.2, 0.25) is 5.02 Å². The van der Waals surface area contributed by atoms with E-state index in [4.69, 9.17) is 16.0 Å². The number of hydrogen-bond acceptors (Lipinski definition) is 3. The summed E-state index contributed by atoms with van der Waals surface area (Å²) in [6.45, 7) is 0.376. The molecule has 0 atom stereocenters. The van der Waals surface area contributed by atoms with Crippen LogP contribution < -0.4 is 0 Å². The number of hydrogen-bond donors (Lipinski definition) is 0. The summed E-state index contributed by atoms with van der Waals surface area (Å²) < 4.78 is 6.07. The third-order valence-corrected chi connectivity index (χ3v) is 4.07. The Morgan fingerprint density at radius 3 is 2.86 bits per heavy atom. The minimum atomic E-state index is -0.132. The molecule has 0 spiro atoms. The minimum Gasteiger partial charge on any atom is -0.452 e. The zero-order chi connectivity index (χ0) is 15.7. The Bertz CT molecular complexity index is 847. The summed E-state index contributed by atoms with van der Waals surface area (Å²) in [5, 5.41) is 1.35. The first-order valence-corrected chi connectivity index (χ1v) is 7.76. The van der Waals surface area contributed by atoms with Crippen LogP contribution in [0.3, 0.4) is 0 Å². The van der Waals surface area contributed by atoms with E-state index in [2.05, 4.69) is 20.9 Å². The Hall–Kier alpha value is -1.85. The Kier molecular flexibility index (Phi) is 4.18. The Balaban J connectivity index is 1.93. The van der Waals surface area contributed by atoms with Gasteiger partial charge in [-0.1, -0.05) is 11.6 Å². The van der Waals surface area contributed by atoms with Gasteiger partial charge in [0.05, 0.1) is 22.6 Å². The van der Waals surface area contributed by atoms with Crippen LogP contribution in [-0.4, -0.2) is 22.8 Å². The molecular weight excluding hydrogens is 368 g/mol. The normalized spacial score (nSPS) is 10.9. The summed E-state index contributed by atoms with van der Waals surface area (Å²) in [4.78, 5) is 18.6. The van der Waals surface area contributed by atoms with Gasteiger partial charge in [-0.3, -0.25) is 9.78 Å². The number of benzene rings is 1. The molecule has 0 bridgehead atoms. The quantitative estimate of drug-likeness (QED) is 0.672. The fourth-order valence-electron chi connectivity index (χ4n) is 2.26. The molecule has 1 amide bonds. The maximum Gasteiger partial charge on any atom is 0.256 e. The first-order valence-electron chi connectivity index (χ1n) is 6.59. The molecule has 2 heterocycles. The van der Waals surface area contributed by atoms with E-state index in [1.165, 1.54) is 0 Å². The number of fused-ring (bicyclic) bond motifs is 1. The molecule has 112 valence electrons. The fourth-order valence-corrected chi connectivity index (χ4v) is 2.81. The lowest BCUT2D eigenvalue weighted by molar-refractivity contribution is 0.0777. The highest BCUT2D eigenvalue weighted by Gasteiger charge is 2.18. The topological polar surface area (TPSA) is 46.3 Å². The van der Waals surface area contributed by atoms with Crippen LogP contribution in [0.25, 0.3) is 10.9 Å². The van der Waals surface area contributed by atoms with Crippen LogP contribution in [0.5, 0.6) is 0 Å². The molecule has 1 aromatic carbocycles. The largest absolute Gasteiger partial charge is 0.452 e. The summed E-state index contributed by atoms with van der Waals surface area (Å²) in [5.41, 5.74) is 1.13. The number of carbonyl (C=O) groups is 1. The average molecular weight is 380 g/mol. The van der Waals surface area contributed by atoms with E-state index in [-0.39, 0.29) is 5.91 Å². The predicted molar refractivity (Wildman–Crippen MR) is 89.0 cm³/mol.